The summed E-state index contributed by atoms with van der Waals surface area (Å²) in [7, 11) is 0. The Kier molecular flexibility index (Phi) is 19.2. The Morgan fingerprint density at radius 1 is 0.738 bits per heavy atom. The lowest BCUT2D eigenvalue weighted by Gasteiger charge is -2.30. The molecule has 2 saturated heterocycles. The van der Waals surface area contributed by atoms with Crippen LogP contribution in [0.2, 0.25) is 0 Å². The lowest BCUT2D eigenvalue weighted by molar-refractivity contribution is -0.146. The molecule has 2 aromatic carbocycles. The summed E-state index contributed by atoms with van der Waals surface area (Å²) >= 11 is 0. The third-order valence-corrected chi connectivity index (χ3v) is 10.9. The molecule has 2 heterocycles. The maximum absolute atomic E-state index is 14.3. The summed E-state index contributed by atoms with van der Waals surface area (Å²) in [5.41, 5.74) is 18.0. The van der Waals surface area contributed by atoms with E-state index in [-0.39, 0.29) is 82.2 Å². The van der Waals surface area contributed by atoms with E-state index in [0.717, 1.165) is 5.56 Å². The average molecular weight is 904 g/mol. The van der Waals surface area contributed by atoms with E-state index in [0.29, 0.717) is 12.0 Å². The summed E-state index contributed by atoms with van der Waals surface area (Å²) in [6.07, 6.45) is 0.432. The number of carboxylic acid groups (broad SMARTS) is 1. The van der Waals surface area contributed by atoms with Gasteiger partial charge in [-0.3, -0.25) is 48.1 Å². The Morgan fingerprint density at radius 3 is 1.85 bits per heavy atom. The molecule has 13 N–H and O–H groups in total. The predicted molar refractivity (Wildman–Crippen MR) is 237 cm³/mol. The SMILES string of the molecule is CC(C)C[C@H](NC(=O)[C@H](Cc1ccccc1)NC(=O)[C@@H]1CCCN1C(=O)[C@H](CC(=O)O)NC(=O)[C@@H]1CCC(=O)N1)C(=O)N[C@@H](CCCN=C(N)N)C(=O)N[C@@H](Cc1ccccc1)C(N)=O. The Bertz CT molecular complexity index is 2050. The van der Waals surface area contributed by atoms with Crippen LogP contribution >= 0.6 is 0 Å². The first-order valence-electron chi connectivity index (χ1n) is 21.7. The lowest BCUT2D eigenvalue weighted by atomic mass is 10.00. The molecule has 4 rings (SSSR count). The van der Waals surface area contributed by atoms with Crippen LogP contribution in [0.1, 0.15) is 76.3 Å². The minimum atomic E-state index is -1.55. The van der Waals surface area contributed by atoms with Gasteiger partial charge in [-0.1, -0.05) is 74.5 Å². The number of carbonyl (C=O) groups is 9. The van der Waals surface area contributed by atoms with Gasteiger partial charge in [0, 0.05) is 32.4 Å². The van der Waals surface area contributed by atoms with Crippen molar-refractivity contribution in [1.29, 1.82) is 0 Å². The Hall–Kier alpha value is -7.06. The van der Waals surface area contributed by atoms with E-state index in [2.05, 4.69) is 36.9 Å². The van der Waals surface area contributed by atoms with E-state index in [1.807, 2.05) is 13.8 Å². The second-order valence-corrected chi connectivity index (χ2v) is 16.6. The number of amides is 8. The van der Waals surface area contributed by atoms with Crippen LogP contribution in [-0.4, -0.2) is 125 Å². The molecule has 2 aliphatic heterocycles. The van der Waals surface area contributed by atoms with Gasteiger partial charge in [0.2, 0.25) is 47.3 Å². The number of aliphatic imine (C=N–C) groups is 1. The minimum Gasteiger partial charge on any atom is -0.481 e. The van der Waals surface area contributed by atoms with Gasteiger partial charge >= 0.3 is 5.97 Å². The van der Waals surface area contributed by atoms with E-state index < -0.39 is 96.0 Å². The van der Waals surface area contributed by atoms with Gasteiger partial charge in [0.15, 0.2) is 5.96 Å². The highest BCUT2D eigenvalue weighted by Crippen LogP contribution is 2.21. The first-order chi connectivity index (χ1) is 30.9. The Morgan fingerprint density at radius 2 is 1.29 bits per heavy atom. The van der Waals surface area contributed by atoms with Gasteiger partial charge in [-0.2, -0.15) is 0 Å². The molecule has 2 fully saturated rings. The van der Waals surface area contributed by atoms with Crippen molar-refractivity contribution in [1.82, 2.24) is 36.8 Å². The molecule has 0 saturated carbocycles. The fourth-order valence-corrected chi connectivity index (χ4v) is 7.65. The Balaban J connectivity index is 1.54. The van der Waals surface area contributed by atoms with Crippen molar-refractivity contribution in [2.45, 2.75) is 120 Å². The molecular formula is C44H61N11O10. The topological polar surface area (TPSA) is 340 Å². The molecule has 2 aliphatic rings. The van der Waals surface area contributed by atoms with E-state index >= 15 is 0 Å². The summed E-state index contributed by atoms with van der Waals surface area (Å²) in [6.45, 7) is 3.83. The zero-order chi connectivity index (χ0) is 47.6. The molecular weight excluding hydrogens is 843 g/mol. The summed E-state index contributed by atoms with van der Waals surface area (Å²) < 4.78 is 0. The quantitative estimate of drug-likeness (QED) is 0.0318. The van der Waals surface area contributed by atoms with Crippen molar-refractivity contribution in [2.75, 3.05) is 13.1 Å². The first kappa shape index (κ1) is 50.6. The summed E-state index contributed by atoms with van der Waals surface area (Å²) in [4.78, 5) is 124. The van der Waals surface area contributed by atoms with Gasteiger partial charge in [-0.05, 0) is 55.6 Å². The largest absolute Gasteiger partial charge is 0.481 e. The van der Waals surface area contributed by atoms with Crippen molar-refractivity contribution < 1.29 is 48.3 Å². The number of primary amides is 1. The van der Waals surface area contributed by atoms with Gasteiger partial charge in [0.25, 0.3) is 0 Å². The maximum atomic E-state index is 14.3. The fraction of sp³-hybridized carbons (Fsp3) is 0.500. The highest BCUT2D eigenvalue weighted by molar-refractivity contribution is 5.99. The molecule has 21 nitrogen and oxygen atoms in total. The van der Waals surface area contributed by atoms with Crippen molar-refractivity contribution in [3.8, 4) is 0 Å². The van der Waals surface area contributed by atoms with Crippen LogP contribution in [0.25, 0.3) is 0 Å². The molecule has 0 unspecified atom stereocenters. The van der Waals surface area contributed by atoms with Gasteiger partial charge in [-0.25, -0.2) is 0 Å². The maximum Gasteiger partial charge on any atom is 0.305 e. The average Bonchev–Trinajstić information content (AvgIpc) is 3.93. The van der Waals surface area contributed by atoms with Gasteiger partial charge in [-0.15, -0.1) is 0 Å². The van der Waals surface area contributed by atoms with E-state index in [9.17, 15) is 48.3 Å². The van der Waals surface area contributed by atoms with Crippen LogP contribution in [-0.2, 0) is 56.0 Å². The van der Waals surface area contributed by atoms with Gasteiger partial charge < -0.3 is 59.1 Å². The first-order valence-corrected chi connectivity index (χ1v) is 21.7. The number of aliphatic carboxylic acids is 1. The van der Waals surface area contributed by atoms with Crippen molar-refractivity contribution >= 4 is 59.2 Å². The summed E-state index contributed by atoms with van der Waals surface area (Å²) in [6, 6.07) is 9.13. The summed E-state index contributed by atoms with van der Waals surface area (Å²) in [5.74, 6) is -7.32. The van der Waals surface area contributed by atoms with E-state index in [1.165, 1.54) is 4.90 Å². The molecule has 0 aromatic heterocycles. The van der Waals surface area contributed by atoms with Crippen molar-refractivity contribution in [2.24, 2.45) is 28.1 Å². The normalized spacial score (nSPS) is 17.9. The number of carboxylic acids is 1. The molecule has 0 bridgehead atoms. The zero-order valence-electron chi connectivity index (χ0n) is 36.6. The number of benzene rings is 2. The zero-order valence-corrected chi connectivity index (χ0v) is 36.6. The van der Waals surface area contributed by atoms with E-state index in [4.69, 9.17) is 17.2 Å². The number of guanidine groups is 1. The molecule has 352 valence electrons. The highest BCUT2D eigenvalue weighted by atomic mass is 16.4. The number of likely N-dealkylation sites (tertiary alicyclic amines) is 1. The predicted octanol–water partition coefficient (Wildman–Crippen LogP) is -1.77. The highest BCUT2D eigenvalue weighted by Gasteiger charge is 2.41. The van der Waals surface area contributed by atoms with Crippen molar-refractivity contribution in [3.05, 3.63) is 71.8 Å². The second kappa shape index (κ2) is 24.7. The van der Waals surface area contributed by atoms with Gasteiger partial charge in [0.1, 0.15) is 42.3 Å². The molecule has 0 aliphatic carbocycles. The van der Waals surface area contributed by atoms with Crippen molar-refractivity contribution in [3.63, 3.8) is 0 Å². The lowest BCUT2D eigenvalue weighted by Crippen LogP contribution is -2.60. The molecule has 21 heteroatoms. The van der Waals surface area contributed by atoms with Crippen LogP contribution in [0.15, 0.2) is 65.7 Å². The number of rotatable bonds is 24. The fourth-order valence-electron chi connectivity index (χ4n) is 7.65. The standard InChI is InChI=1S/C44H61N11O10/c1-25(2)21-31(40(62)50-28(15-9-19-48-44(46)47)38(60)51-30(37(45)59)22-26-11-5-3-6-12-26)52-41(63)32(23-27-13-7-4-8-14-27)53-42(64)34-16-10-20-55(34)43(65)33(24-36(57)58)54-39(61)29-17-18-35(56)49-29/h3-8,11-14,25,28-34H,9-10,15-24H2,1-2H3,(H2,45,59)(H,49,56)(H,50,62)(H,51,60)(H,52,63)(H,53,64)(H,54,61)(H,57,58)(H4,46,47,48)/t28-,29-,30-,31-,32-,33-,34-/m0/s1. The number of carbonyl (C=O) groups excluding carboxylic acids is 8. The summed E-state index contributed by atoms with van der Waals surface area (Å²) in [5, 5.41) is 25.4. The van der Waals surface area contributed by atoms with Crippen LogP contribution < -0.4 is 49.1 Å². The molecule has 0 spiro atoms. The molecule has 8 amide bonds. The number of hydrogen-bond donors (Lipinski definition) is 10. The van der Waals surface area contributed by atoms with Crippen LogP contribution in [0.4, 0.5) is 0 Å². The second-order valence-electron chi connectivity index (χ2n) is 16.6. The number of hydrogen-bond acceptors (Lipinski definition) is 10. The number of nitrogens with zero attached hydrogens (tertiary/aromatic N) is 2. The third-order valence-electron chi connectivity index (χ3n) is 10.9. The molecule has 2 aromatic rings. The molecule has 65 heavy (non-hydrogen) atoms. The van der Waals surface area contributed by atoms with Gasteiger partial charge in [0.05, 0.1) is 6.42 Å². The number of nitrogens with one attached hydrogen (secondary N) is 6. The van der Waals surface area contributed by atoms with E-state index in [1.54, 1.807) is 60.7 Å². The van der Waals surface area contributed by atoms with Crippen LogP contribution in [0.5, 0.6) is 0 Å². The smallest absolute Gasteiger partial charge is 0.305 e. The van der Waals surface area contributed by atoms with Crippen LogP contribution in [0, 0.1) is 5.92 Å². The minimum absolute atomic E-state index is 0.0327. The molecule has 0 radical (unpaired) electrons. The Labute approximate surface area is 376 Å². The molecule has 7 atom stereocenters. The monoisotopic (exact) mass is 903 g/mol. The number of nitrogens with two attached hydrogens (primary N) is 3. The van der Waals surface area contributed by atoms with Crippen LogP contribution in [0.3, 0.4) is 0 Å². The third kappa shape index (κ3) is 16.2.